The third-order valence-electron chi connectivity index (χ3n) is 6.89. The van der Waals surface area contributed by atoms with Crippen LogP contribution in [-0.4, -0.2) is 68.9 Å². The van der Waals surface area contributed by atoms with Gasteiger partial charge < -0.3 is 19.7 Å². The van der Waals surface area contributed by atoms with Gasteiger partial charge in [0.05, 0.1) is 18.1 Å². The lowest BCUT2D eigenvalue weighted by Crippen LogP contribution is -2.45. The first kappa shape index (κ1) is 31.5. The van der Waals surface area contributed by atoms with Gasteiger partial charge in [0, 0.05) is 31.2 Å². The van der Waals surface area contributed by atoms with E-state index in [1.54, 1.807) is 12.1 Å². The molecule has 0 unspecified atom stereocenters. The van der Waals surface area contributed by atoms with Crippen molar-refractivity contribution >= 4 is 33.4 Å². The molecule has 1 saturated heterocycles. The smallest absolute Gasteiger partial charge is 0.261 e. The van der Waals surface area contributed by atoms with E-state index in [1.165, 1.54) is 33.5 Å². The van der Waals surface area contributed by atoms with E-state index in [4.69, 9.17) is 21.1 Å². The molecule has 1 aliphatic rings. The Hall–Kier alpha value is -3.44. The first-order chi connectivity index (χ1) is 20.3. The second-order valence-corrected chi connectivity index (χ2v) is 12.3. The number of sulfonamides is 1. The van der Waals surface area contributed by atoms with Crippen molar-refractivity contribution in [2.24, 2.45) is 0 Å². The quantitative estimate of drug-likeness (QED) is 0.286. The maximum Gasteiger partial charge on any atom is 0.261 e. The van der Waals surface area contributed by atoms with Gasteiger partial charge in [-0.15, -0.1) is 0 Å². The zero-order chi connectivity index (χ0) is 30.0. The van der Waals surface area contributed by atoms with Gasteiger partial charge in [0.2, 0.25) is 15.9 Å². The summed E-state index contributed by atoms with van der Waals surface area (Å²) in [4.78, 5) is 28.9. The molecule has 0 aliphatic carbocycles. The minimum Gasteiger partial charge on any atom is -0.484 e. The summed E-state index contributed by atoms with van der Waals surface area (Å²) in [6.07, 6.45) is 1.74. The summed E-state index contributed by atoms with van der Waals surface area (Å²) in [5.74, 6) is -0.358. The Morgan fingerprint density at radius 3 is 2.31 bits per heavy atom. The highest BCUT2D eigenvalue weighted by Gasteiger charge is 2.32. The van der Waals surface area contributed by atoms with Crippen LogP contribution in [0.1, 0.15) is 36.9 Å². The number of nitrogens with zero attached hydrogens (tertiary/aromatic N) is 2. The van der Waals surface area contributed by atoms with Crippen LogP contribution in [0, 0.1) is 0 Å². The molecule has 42 heavy (non-hydrogen) atoms. The van der Waals surface area contributed by atoms with Crippen molar-refractivity contribution in [2.45, 2.75) is 37.2 Å². The Morgan fingerprint density at radius 1 is 1.00 bits per heavy atom. The number of rotatable bonds is 13. The summed E-state index contributed by atoms with van der Waals surface area (Å²) < 4.78 is 38.3. The zero-order valence-electron chi connectivity index (χ0n) is 23.6. The average molecular weight is 614 g/mol. The van der Waals surface area contributed by atoms with E-state index in [0.717, 1.165) is 18.4 Å². The number of hydrogen-bond acceptors (Lipinski definition) is 6. The number of ether oxygens (including phenoxy) is 2. The van der Waals surface area contributed by atoms with Crippen LogP contribution in [0.5, 0.6) is 5.75 Å². The summed E-state index contributed by atoms with van der Waals surface area (Å²) in [7, 11) is -3.65. The predicted octanol–water partition coefficient (Wildman–Crippen LogP) is 4.43. The van der Waals surface area contributed by atoms with E-state index >= 15 is 0 Å². The van der Waals surface area contributed by atoms with E-state index in [-0.39, 0.29) is 24.0 Å². The van der Waals surface area contributed by atoms with Crippen LogP contribution in [0.3, 0.4) is 0 Å². The number of amides is 2. The maximum atomic E-state index is 13.8. The van der Waals surface area contributed by atoms with E-state index in [9.17, 15) is 18.0 Å². The molecule has 0 aromatic heterocycles. The highest BCUT2D eigenvalue weighted by atomic mass is 35.5. The van der Waals surface area contributed by atoms with Gasteiger partial charge in [0.25, 0.3) is 5.91 Å². The fraction of sp³-hybridized carbons (Fsp3) is 0.355. The number of halogens is 1. The van der Waals surface area contributed by atoms with Gasteiger partial charge in [-0.05, 0) is 53.9 Å². The van der Waals surface area contributed by atoms with Crippen molar-refractivity contribution in [3.63, 3.8) is 0 Å². The molecule has 1 N–H and O–H groups in total. The summed E-state index contributed by atoms with van der Waals surface area (Å²) in [6.45, 7) is 3.65. The van der Waals surface area contributed by atoms with Gasteiger partial charge >= 0.3 is 0 Å². The van der Waals surface area contributed by atoms with E-state index in [1.807, 2.05) is 49.4 Å². The van der Waals surface area contributed by atoms with Crippen molar-refractivity contribution in [1.29, 1.82) is 0 Å². The molecule has 0 radical (unpaired) electrons. The molecular weight excluding hydrogens is 578 g/mol. The fourth-order valence-corrected chi connectivity index (χ4v) is 6.11. The molecule has 11 heteroatoms. The van der Waals surface area contributed by atoms with Gasteiger partial charge in [0.1, 0.15) is 11.8 Å². The molecule has 3 aromatic rings. The van der Waals surface area contributed by atoms with E-state index in [0.29, 0.717) is 49.2 Å². The van der Waals surface area contributed by atoms with Crippen LogP contribution < -0.4 is 10.1 Å². The summed E-state index contributed by atoms with van der Waals surface area (Å²) in [5.41, 5.74) is 1.47. The molecule has 0 spiro atoms. The fourth-order valence-electron chi connectivity index (χ4n) is 4.58. The topological polar surface area (TPSA) is 105 Å². The number of morpholine rings is 1. The molecule has 0 saturated carbocycles. The Bertz CT molecular complexity index is 1410. The van der Waals surface area contributed by atoms with Crippen LogP contribution in [0.15, 0.2) is 83.8 Å². The minimum absolute atomic E-state index is 0.139. The minimum atomic E-state index is -3.65. The molecular formula is C31H36ClN3O6S. The lowest BCUT2D eigenvalue weighted by Gasteiger charge is -2.31. The van der Waals surface area contributed by atoms with Crippen molar-refractivity contribution in [3.8, 4) is 5.75 Å². The Kier molecular flexibility index (Phi) is 11.4. The third kappa shape index (κ3) is 8.32. The Balaban J connectivity index is 1.54. The van der Waals surface area contributed by atoms with E-state index in [2.05, 4.69) is 5.32 Å². The van der Waals surface area contributed by atoms with Gasteiger partial charge in [-0.1, -0.05) is 67.4 Å². The molecule has 2 amide bonds. The monoisotopic (exact) mass is 613 g/mol. The van der Waals surface area contributed by atoms with Crippen LogP contribution in [0.25, 0.3) is 0 Å². The van der Waals surface area contributed by atoms with Crippen LogP contribution in [0.2, 0.25) is 5.02 Å². The molecule has 4 rings (SSSR count). The molecule has 0 bridgehead atoms. The van der Waals surface area contributed by atoms with Crippen molar-refractivity contribution in [2.75, 3.05) is 39.5 Å². The lowest BCUT2D eigenvalue weighted by molar-refractivity contribution is -0.143. The first-order valence-corrected chi connectivity index (χ1v) is 15.8. The average Bonchev–Trinajstić information content (AvgIpc) is 3.02. The Labute approximate surface area is 252 Å². The molecule has 3 aromatic carbocycles. The first-order valence-electron chi connectivity index (χ1n) is 14.0. The summed E-state index contributed by atoms with van der Waals surface area (Å²) in [5, 5.41) is 3.54. The second kappa shape index (κ2) is 15.2. The van der Waals surface area contributed by atoms with Crippen molar-refractivity contribution in [1.82, 2.24) is 14.5 Å². The van der Waals surface area contributed by atoms with Gasteiger partial charge in [-0.25, -0.2) is 8.42 Å². The van der Waals surface area contributed by atoms with E-state index < -0.39 is 22.0 Å². The molecule has 1 atom stereocenters. The SMILES string of the molecule is CCCCNC(=O)[C@@H](c1ccccc1)N(Cc1ccc(Cl)cc1)C(=O)COc1ccc(S(=O)(=O)N2CCOCC2)cc1. The van der Waals surface area contributed by atoms with Crippen molar-refractivity contribution in [3.05, 3.63) is 95.0 Å². The third-order valence-corrected chi connectivity index (χ3v) is 9.05. The number of carbonyl (C=O) groups excluding carboxylic acids is 2. The lowest BCUT2D eigenvalue weighted by atomic mass is 10.0. The molecule has 1 aliphatic heterocycles. The van der Waals surface area contributed by atoms with Gasteiger partial charge in [0.15, 0.2) is 6.61 Å². The second-order valence-electron chi connectivity index (χ2n) is 9.88. The number of carbonyl (C=O) groups is 2. The molecule has 9 nitrogen and oxygen atoms in total. The Morgan fingerprint density at radius 2 is 1.67 bits per heavy atom. The maximum absolute atomic E-state index is 13.8. The highest BCUT2D eigenvalue weighted by molar-refractivity contribution is 7.89. The van der Waals surface area contributed by atoms with Crippen LogP contribution in [-0.2, 0) is 30.9 Å². The normalized spacial score (nSPS) is 14.6. The van der Waals surface area contributed by atoms with Crippen molar-refractivity contribution < 1.29 is 27.5 Å². The predicted molar refractivity (Wildman–Crippen MR) is 161 cm³/mol. The van der Waals surface area contributed by atoms with Crippen LogP contribution >= 0.6 is 11.6 Å². The summed E-state index contributed by atoms with van der Waals surface area (Å²) >= 11 is 6.08. The standard InChI is InChI=1S/C31H36ClN3O6S/c1-2-3-17-33-31(37)30(25-7-5-4-6-8-25)35(22-24-9-11-26(32)12-10-24)29(36)23-41-27-13-15-28(16-14-27)42(38,39)34-18-20-40-21-19-34/h4-16,30H,2-3,17-23H2,1H3,(H,33,37)/t30-/m1/s1. The van der Waals surface area contributed by atoms with Gasteiger partial charge in [-0.3, -0.25) is 9.59 Å². The summed E-state index contributed by atoms with van der Waals surface area (Å²) in [6, 6.07) is 21.3. The zero-order valence-corrected chi connectivity index (χ0v) is 25.1. The number of unbranched alkanes of at least 4 members (excludes halogenated alkanes) is 1. The largest absolute Gasteiger partial charge is 0.484 e. The molecule has 1 fully saturated rings. The number of benzene rings is 3. The highest BCUT2D eigenvalue weighted by Crippen LogP contribution is 2.26. The number of hydrogen-bond donors (Lipinski definition) is 1. The number of nitrogens with one attached hydrogen (secondary N) is 1. The van der Waals surface area contributed by atoms with Crippen LogP contribution in [0.4, 0.5) is 0 Å². The molecule has 224 valence electrons. The van der Waals surface area contributed by atoms with Gasteiger partial charge in [-0.2, -0.15) is 4.31 Å². The molecule has 1 heterocycles.